The van der Waals surface area contributed by atoms with Gasteiger partial charge in [-0.3, -0.25) is 9.78 Å². The highest BCUT2D eigenvalue weighted by Crippen LogP contribution is 2.24. The Labute approximate surface area is 173 Å². The molecule has 0 aromatic carbocycles. The Balaban J connectivity index is 1.38. The molecular formula is C20H22N6O2S. The summed E-state index contributed by atoms with van der Waals surface area (Å²) in [6.07, 6.45) is 5.05. The third-order valence-corrected chi connectivity index (χ3v) is 5.40. The summed E-state index contributed by atoms with van der Waals surface area (Å²) in [6.45, 7) is 6.55. The zero-order valence-corrected chi connectivity index (χ0v) is 17.2. The highest BCUT2D eigenvalue weighted by Gasteiger charge is 2.25. The number of ether oxygens (including phenoxy) is 1. The van der Waals surface area contributed by atoms with E-state index in [0.29, 0.717) is 37.8 Å². The van der Waals surface area contributed by atoms with E-state index in [9.17, 15) is 4.79 Å². The first-order valence-corrected chi connectivity index (χ1v) is 10.4. The fraction of sp³-hybridized carbons (Fsp3) is 0.350. The third-order valence-electron chi connectivity index (χ3n) is 4.51. The molecular weight excluding hydrogens is 388 g/mol. The number of piperazine rings is 1. The van der Waals surface area contributed by atoms with E-state index in [1.807, 2.05) is 42.3 Å². The smallest absolute Gasteiger partial charge is 0.273 e. The van der Waals surface area contributed by atoms with Crippen LogP contribution in [0.25, 0.3) is 10.6 Å². The second kappa shape index (κ2) is 8.52. The van der Waals surface area contributed by atoms with Crippen LogP contribution < -0.4 is 9.64 Å². The van der Waals surface area contributed by atoms with Crippen LogP contribution in [-0.2, 0) is 0 Å². The summed E-state index contributed by atoms with van der Waals surface area (Å²) in [5.74, 6) is 1.34. The quantitative estimate of drug-likeness (QED) is 0.639. The first-order valence-electron chi connectivity index (χ1n) is 9.49. The topological polar surface area (TPSA) is 84.3 Å². The fourth-order valence-electron chi connectivity index (χ4n) is 3.10. The van der Waals surface area contributed by atoms with Gasteiger partial charge in [-0.15, -0.1) is 11.3 Å². The number of hydrogen-bond acceptors (Lipinski definition) is 8. The molecule has 0 atom stereocenters. The zero-order valence-electron chi connectivity index (χ0n) is 16.4. The SMILES string of the molecule is CC(C)Oc1cc(N2CCN(C(=O)c3csc(-c4cccnc4)n3)CC2)ncn1. The molecule has 1 aliphatic heterocycles. The van der Waals surface area contributed by atoms with Gasteiger partial charge >= 0.3 is 0 Å². The van der Waals surface area contributed by atoms with E-state index in [4.69, 9.17) is 4.74 Å². The van der Waals surface area contributed by atoms with E-state index in [0.717, 1.165) is 16.4 Å². The lowest BCUT2D eigenvalue weighted by molar-refractivity contribution is 0.0741. The van der Waals surface area contributed by atoms with E-state index in [1.165, 1.54) is 17.7 Å². The van der Waals surface area contributed by atoms with Crippen molar-refractivity contribution < 1.29 is 9.53 Å². The van der Waals surface area contributed by atoms with Crippen molar-refractivity contribution in [2.75, 3.05) is 31.1 Å². The van der Waals surface area contributed by atoms with Crippen molar-refractivity contribution in [1.82, 2.24) is 24.8 Å². The molecule has 8 nitrogen and oxygen atoms in total. The molecule has 1 aliphatic rings. The molecule has 0 saturated carbocycles. The Morgan fingerprint density at radius 3 is 2.76 bits per heavy atom. The maximum Gasteiger partial charge on any atom is 0.273 e. The van der Waals surface area contributed by atoms with Crippen molar-refractivity contribution >= 4 is 23.1 Å². The van der Waals surface area contributed by atoms with Gasteiger partial charge in [-0.1, -0.05) is 0 Å². The molecule has 0 spiro atoms. The number of nitrogens with zero attached hydrogens (tertiary/aromatic N) is 6. The summed E-state index contributed by atoms with van der Waals surface area (Å²) in [7, 11) is 0. The summed E-state index contributed by atoms with van der Waals surface area (Å²) >= 11 is 1.46. The largest absolute Gasteiger partial charge is 0.475 e. The van der Waals surface area contributed by atoms with Gasteiger partial charge in [0.25, 0.3) is 5.91 Å². The van der Waals surface area contributed by atoms with Gasteiger partial charge in [-0.05, 0) is 26.0 Å². The van der Waals surface area contributed by atoms with Gasteiger partial charge in [0.15, 0.2) is 0 Å². The van der Waals surface area contributed by atoms with Crippen LogP contribution in [0.4, 0.5) is 5.82 Å². The maximum atomic E-state index is 12.9. The van der Waals surface area contributed by atoms with Crippen molar-refractivity contribution in [1.29, 1.82) is 0 Å². The fourth-order valence-corrected chi connectivity index (χ4v) is 3.89. The second-order valence-corrected chi connectivity index (χ2v) is 7.80. The average Bonchev–Trinajstić information content (AvgIpc) is 3.24. The molecule has 1 fully saturated rings. The van der Waals surface area contributed by atoms with Gasteiger partial charge in [-0.25, -0.2) is 15.0 Å². The predicted octanol–water partition coefficient (Wildman–Crippen LogP) is 2.74. The number of rotatable bonds is 5. The summed E-state index contributed by atoms with van der Waals surface area (Å²) in [5, 5.41) is 2.62. The maximum absolute atomic E-state index is 12.9. The minimum Gasteiger partial charge on any atom is -0.475 e. The first kappa shape index (κ1) is 19.3. The number of thiazole rings is 1. The van der Waals surface area contributed by atoms with Crippen molar-refractivity contribution in [2.24, 2.45) is 0 Å². The molecule has 0 radical (unpaired) electrons. The molecule has 0 N–H and O–H groups in total. The van der Waals surface area contributed by atoms with Crippen molar-refractivity contribution in [2.45, 2.75) is 20.0 Å². The van der Waals surface area contributed by atoms with E-state index in [-0.39, 0.29) is 12.0 Å². The first-order chi connectivity index (χ1) is 14.1. The molecule has 9 heteroatoms. The Kier molecular flexibility index (Phi) is 5.66. The van der Waals surface area contributed by atoms with E-state index < -0.39 is 0 Å². The molecule has 0 unspecified atom stereocenters. The minimum atomic E-state index is -0.0393. The summed E-state index contributed by atoms with van der Waals surface area (Å²) in [4.78, 5) is 33.9. The van der Waals surface area contributed by atoms with Crippen LogP contribution >= 0.6 is 11.3 Å². The summed E-state index contributed by atoms with van der Waals surface area (Å²) in [5.41, 5.74) is 1.40. The Morgan fingerprint density at radius 1 is 1.21 bits per heavy atom. The van der Waals surface area contributed by atoms with Crippen LogP contribution in [0.2, 0.25) is 0 Å². The highest BCUT2D eigenvalue weighted by atomic mass is 32.1. The summed E-state index contributed by atoms with van der Waals surface area (Å²) < 4.78 is 5.65. The monoisotopic (exact) mass is 410 g/mol. The lowest BCUT2D eigenvalue weighted by Gasteiger charge is -2.35. The molecule has 4 rings (SSSR count). The van der Waals surface area contributed by atoms with Crippen molar-refractivity contribution in [3.63, 3.8) is 0 Å². The molecule has 29 heavy (non-hydrogen) atoms. The van der Waals surface area contributed by atoms with Crippen LogP contribution in [0, 0.1) is 0 Å². The highest BCUT2D eigenvalue weighted by molar-refractivity contribution is 7.13. The van der Waals surface area contributed by atoms with Gasteiger partial charge in [0, 0.05) is 55.6 Å². The van der Waals surface area contributed by atoms with Crippen LogP contribution in [-0.4, -0.2) is 63.0 Å². The molecule has 4 heterocycles. The predicted molar refractivity (Wildman–Crippen MR) is 111 cm³/mol. The van der Waals surface area contributed by atoms with Crippen molar-refractivity contribution in [3.05, 3.63) is 48.0 Å². The van der Waals surface area contributed by atoms with Gasteiger partial charge < -0.3 is 14.5 Å². The molecule has 3 aromatic rings. The number of pyridine rings is 1. The standard InChI is InChI=1S/C20H22N6O2S/c1-14(2)28-18-10-17(22-13-23-18)25-6-8-26(9-7-25)20(27)16-12-29-19(24-16)15-4-3-5-21-11-15/h3-5,10-14H,6-9H2,1-2H3. The second-order valence-electron chi connectivity index (χ2n) is 6.94. The summed E-state index contributed by atoms with van der Waals surface area (Å²) in [6, 6.07) is 5.65. The lowest BCUT2D eigenvalue weighted by Crippen LogP contribution is -2.49. The number of hydrogen-bond donors (Lipinski definition) is 0. The number of carbonyl (C=O) groups excluding carboxylic acids is 1. The Hall–Kier alpha value is -3.07. The van der Waals surface area contributed by atoms with E-state index in [1.54, 1.807) is 12.4 Å². The molecule has 1 amide bonds. The Morgan fingerprint density at radius 2 is 2.03 bits per heavy atom. The van der Waals surface area contributed by atoms with Gasteiger partial charge in [0.2, 0.25) is 5.88 Å². The third kappa shape index (κ3) is 4.51. The van der Waals surface area contributed by atoms with E-state index >= 15 is 0 Å². The molecule has 1 saturated heterocycles. The van der Waals surface area contributed by atoms with Crippen LogP contribution in [0.3, 0.4) is 0 Å². The Bertz CT molecular complexity index is 970. The van der Waals surface area contributed by atoms with Crippen LogP contribution in [0.1, 0.15) is 24.3 Å². The number of amides is 1. The average molecular weight is 411 g/mol. The van der Waals surface area contributed by atoms with Gasteiger partial charge in [0.1, 0.15) is 22.8 Å². The molecule has 0 aliphatic carbocycles. The minimum absolute atomic E-state index is 0.0393. The van der Waals surface area contributed by atoms with E-state index in [2.05, 4.69) is 24.8 Å². The normalized spacial score (nSPS) is 14.3. The molecule has 3 aromatic heterocycles. The van der Waals surface area contributed by atoms with Crippen molar-refractivity contribution in [3.8, 4) is 16.5 Å². The number of carbonyl (C=O) groups is 1. The molecule has 150 valence electrons. The van der Waals surface area contributed by atoms with Crippen LogP contribution in [0.5, 0.6) is 5.88 Å². The number of anilines is 1. The molecule has 0 bridgehead atoms. The van der Waals surface area contributed by atoms with Gasteiger partial charge in [0.05, 0.1) is 6.10 Å². The lowest BCUT2D eigenvalue weighted by atomic mass is 10.2. The zero-order chi connectivity index (χ0) is 20.2. The van der Waals surface area contributed by atoms with Crippen LogP contribution in [0.15, 0.2) is 42.3 Å². The van der Waals surface area contributed by atoms with Gasteiger partial charge in [-0.2, -0.15) is 0 Å². The number of aromatic nitrogens is 4.